The number of aryl methyl sites for hydroxylation is 1. The lowest BCUT2D eigenvalue weighted by Gasteiger charge is -2.02. The summed E-state index contributed by atoms with van der Waals surface area (Å²) in [4.78, 5) is 11.0. The van der Waals surface area contributed by atoms with Crippen LogP contribution in [0.15, 0.2) is 40.8 Å². The van der Waals surface area contributed by atoms with Gasteiger partial charge in [0.2, 0.25) is 0 Å². The van der Waals surface area contributed by atoms with E-state index in [2.05, 4.69) is 4.74 Å². The van der Waals surface area contributed by atoms with Crippen molar-refractivity contribution >= 4 is 23.6 Å². The molecule has 0 unspecified atom stereocenters. The van der Waals surface area contributed by atoms with Crippen LogP contribution in [-0.4, -0.2) is 13.1 Å². The topological polar surface area (TPSA) is 39.4 Å². The van der Waals surface area contributed by atoms with E-state index in [9.17, 15) is 4.79 Å². The van der Waals surface area contributed by atoms with E-state index < -0.39 is 5.97 Å². The van der Waals surface area contributed by atoms with Crippen LogP contribution < -0.4 is 0 Å². The van der Waals surface area contributed by atoms with Crippen LogP contribution in [0, 0.1) is 6.92 Å². The molecule has 2 aromatic rings. The number of carbonyl (C=O) groups excluding carboxylic acids is 1. The van der Waals surface area contributed by atoms with Crippen LogP contribution in [0.4, 0.5) is 0 Å². The minimum Gasteiger partial charge on any atom is -0.466 e. The quantitative estimate of drug-likeness (QED) is 0.626. The molecule has 0 N–H and O–H groups in total. The van der Waals surface area contributed by atoms with Crippen LogP contribution in [0.2, 0.25) is 5.02 Å². The van der Waals surface area contributed by atoms with Gasteiger partial charge in [0.25, 0.3) is 0 Å². The highest BCUT2D eigenvalue weighted by molar-refractivity contribution is 6.30. The predicted octanol–water partition coefficient (Wildman–Crippen LogP) is 4.09. The molecule has 0 spiro atoms. The van der Waals surface area contributed by atoms with Gasteiger partial charge < -0.3 is 9.15 Å². The summed E-state index contributed by atoms with van der Waals surface area (Å²) >= 11 is 5.98. The van der Waals surface area contributed by atoms with Gasteiger partial charge in [-0.2, -0.15) is 0 Å². The number of hydrogen-bond donors (Lipinski definition) is 0. The van der Waals surface area contributed by atoms with Crippen LogP contribution in [0.5, 0.6) is 0 Å². The molecule has 3 nitrogen and oxygen atoms in total. The molecular weight excluding hydrogens is 264 g/mol. The summed E-state index contributed by atoms with van der Waals surface area (Å²) in [5.41, 5.74) is 2.01. The molecule has 0 amide bonds. The van der Waals surface area contributed by atoms with Crippen molar-refractivity contribution < 1.29 is 13.9 Å². The number of hydrogen-bond acceptors (Lipinski definition) is 3. The zero-order chi connectivity index (χ0) is 13.8. The first kappa shape index (κ1) is 13.4. The fraction of sp³-hybridized carbons (Fsp3) is 0.133. The summed E-state index contributed by atoms with van der Waals surface area (Å²) in [6, 6.07) is 9.25. The molecule has 1 aromatic heterocycles. The normalized spacial score (nSPS) is 10.9. The molecule has 0 saturated heterocycles. The van der Waals surface area contributed by atoms with Crippen molar-refractivity contribution in [2.24, 2.45) is 0 Å². The Morgan fingerprint density at radius 1 is 1.32 bits per heavy atom. The molecule has 0 bridgehead atoms. The van der Waals surface area contributed by atoms with Crippen LogP contribution in [0.25, 0.3) is 17.4 Å². The van der Waals surface area contributed by atoms with Crippen molar-refractivity contribution in [3.8, 4) is 11.3 Å². The molecule has 0 aliphatic heterocycles. The maximum absolute atomic E-state index is 11.0. The Morgan fingerprint density at radius 2 is 2.11 bits per heavy atom. The highest BCUT2D eigenvalue weighted by Crippen LogP contribution is 2.28. The minimum atomic E-state index is -0.420. The Hall–Kier alpha value is -2.00. The third-order valence-electron chi connectivity index (χ3n) is 2.68. The van der Waals surface area contributed by atoms with Gasteiger partial charge in [-0.25, -0.2) is 4.79 Å². The van der Waals surface area contributed by atoms with Crippen LogP contribution >= 0.6 is 11.6 Å². The highest BCUT2D eigenvalue weighted by Gasteiger charge is 2.07. The van der Waals surface area contributed by atoms with Gasteiger partial charge in [0.1, 0.15) is 11.5 Å². The number of methoxy groups -OCH3 is 1. The molecule has 0 aliphatic carbocycles. The second-order valence-corrected chi connectivity index (χ2v) is 4.45. The SMILES string of the molecule is COC(=O)/C=C/c1ccc(-c2cc(Cl)ccc2C)o1. The Labute approximate surface area is 116 Å². The van der Waals surface area contributed by atoms with Crippen LogP contribution in [-0.2, 0) is 9.53 Å². The monoisotopic (exact) mass is 276 g/mol. The van der Waals surface area contributed by atoms with E-state index in [1.54, 1.807) is 12.1 Å². The second kappa shape index (κ2) is 5.76. The summed E-state index contributed by atoms with van der Waals surface area (Å²) in [5.74, 6) is 0.876. The molecule has 2 rings (SSSR count). The maximum Gasteiger partial charge on any atom is 0.330 e. The van der Waals surface area contributed by atoms with E-state index in [1.807, 2.05) is 31.2 Å². The van der Waals surface area contributed by atoms with Gasteiger partial charge in [0, 0.05) is 16.7 Å². The lowest BCUT2D eigenvalue weighted by atomic mass is 10.1. The summed E-state index contributed by atoms with van der Waals surface area (Å²) in [5, 5.41) is 0.656. The molecule has 0 fully saturated rings. The second-order valence-electron chi connectivity index (χ2n) is 4.02. The Bertz CT molecular complexity index is 626. The molecule has 98 valence electrons. The van der Waals surface area contributed by atoms with E-state index in [0.717, 1.165) is 11.1 Å². The smallest absolute Gasteiger partial charge is 0.330 e. The fourth-order valence-corrected chi connectivity index (χ4v) is 1.84. The fourth-order valence-electron chi connectivity index (χ4n) is 1.67. The lowest BCUT2D eigenvalue weighted by Crippen LogP contribution is -1.92. The van der Waals surface area contributed by atoms with E-state index in [1.165, 1.54) is 13.2 Å². The molecule has 19 heavy (non-hydrogen) atoms. The summed E-state index contributed by atoms with van der Waals surface area (Å²) in [7, 11) is 1.33. The van der Waals surface area contributed by atoms with Crippen molar-refractivity contribution in [2.75, 3.05) is 7.11 Å². The molecule has 0 aliphatic rings. The first-order chi connectivity index (χ1) is 9.10. The van der Waals surface area contributed by atoms with Gasteiger partial charge >= 0.3 is 5.97 Å². The van der Waals surface area contributed by atoms with E-state index in [-0.39, 0.29) is 0 Å². The van der Waals surface area contributed by atoms with Gasteiger partial charge in [-0.3, -0.25) is 0 Å². The number of furan rings is 1. The Balaban J connectivity index is 2.28. The average Bonchev–Trinajstić information content (AvgIpc) is 2.87. The molecule has 1 heterocycles. The third-order valence-corrected chi connectivity index (χ3v) is 2.91. The number of halogens is 1. The maximum atomic E-state index is 11.0. The summed E-state index contributed by atoms with van der Waals surface area (Å²) in [6.45, 7) is 1.98. The average molecular weight is 277 g/mol. The van der Waals surface area contributed by atoms with Gasteiger partial charge in [-0.1, -0.05) is 17.7 Å². The van der Waals surface area contributed by atoms with Gasteiger partial charge in [0.15, 0.2) is 0 Å². The minimum absolute atomic E-state index is 0.420. The Kier molecular flexibility index (Phi) is 4.07. The highest BCUT2D eigenvalue weighted by atomic mass is 35.5. The zero-order valence-electron chi connectivity index (χ0n) is 10.6. The number of ether oxygens (including phenoxy) is 1. The predicted molar refractivity (Wildman–Crippen MR) is 74.9 cm³/mol. The van der Waals surface area contributed by atoms with Crippen molar-refractivity contribution in [1.82, 2.24) is 0 Å². The number of carbonyl (C=O) groups is 1. The van der Waals surface area contributed by atoms with Crippen molar-refractivity contribution in [1.29, 1.82) is 0 Å². The summed E-state index contributed by atoms with van der Waals surface area (Å²) < 4.78 is 10.2. The van der Waals surface area contributed by atoms with Gasteiger partial charge in [-0.05, 0) is 42.8 Å². The van der Waals surface area contributed by atoms with Crippen molar-refractivity contribution in [3.05, 3.63) is 52.8 Å². The Morgan fingerprint density at radius 3 is 2.84 bits per heavy atom. The number of benzene rings is 1. The van der Waals surface area contributed by atoms with E-state index in [4.69, 9.17) is 16.0 Å². The number of rotatable bonds is 3. The van der Waals surface area contributed by atoms with Gasteiger partial charge in [0.05, 0.1) is 7.11 Å². The standard InChI is InChI=1S/C15H13ClO3/c1-10-3-4-11(16)9-13(10)14-7-5-12(19-14)6-8-15(17)18-2/h3-9H,1-2H3/b8-6+. The third kappa shape index (κ3) is 3.26. The zero-order valence-corrected chi connectivity index (χ0v) is 11.4. The largest absolute Gasteiger partial charge is 0.466 e. The summed E-state index contributed by atoms with van der Waals surface area (Å²) in [6.07, 6.45) is 2.88. The molecule has 1 aromatic carbocycles. The molecule has 4 heteroatoms. The van der Waals surface area contributed by atoms with E-state index in [0.29, 0.717) is 16.5 Å². The lowest BCUT2D eigenvalue weighted by molar-refractivity contribution is -0.134. The first-order valence-corrected chi connectivity index (χ1v) is 6.10. The van der Waals surface area contributed by atoms with E-state index >= 15 is 0 Å². The first-order valence-electron chi connectivity index (χ1n) is 5.72. The van der Waals surface area contributed by atoms with Crippen LogP contribution in [0.1, 0.15) is 11.3 Å². The molecule has 0 radical (unpaired) electrons. The number of esters is 1. The molecule has 0 atom stereocenters. The molecule has 0 saturated carbocycles. The van der Waals surface area contributed by atoms with Crippen molar-refractivity contribution in [3.63, 3.8) is 0 Å². The van der Waals surface area contributed by atoms with Crippen molar-refractivity contribution in [2.45, 2.75) is 6.92 Å². The molecular formula is C15H13ClO3. The van der Waals surface area contributed by atoms with Crippen LogP contribution in [0.3, 0.4) is 0 Å². The van der Waals surface area contributed by atoms with Gasteiger partial charge in [-0.15, -0.1) is 0 Å².